The average molecular weight is 495 g/mol. The van der Waals surface area contributed by atoms with Crippen LogP contribution in [0.1, 0.15) is 22.6 Å². The van der Waals surface area contributed by atoms with Gasteiger partial charge in [0.1, 0.15) is 11.6 Å². The smallest absolute Gasteiger partial charge is 0.335 e. The second-order valence-corrected chi connectivity index (χ2v) is 8.49. The first-order chi connectivity index (χ1) is 15.3. The monoisotopic (exact) mass is 494 g/mol. The molecule has 2 N–H and O–H groups in total. The Morgan fingerprint density at radius 3 is 2.75 bits per heavy atom. The van der Waals surface area contributed by atoms with Gasteiger partial charge in [-0.3, -0.25) is 4.79 Å². The number of carboxylic acid groups (broad SMARTS) is 1. The van der Waals surface area contributed by atoms with E-state index < -0.39 is 5.97 Å². The fourth-order valence-electron chi connectivity index (χ4n) is 2.75. The number of aromatic nitrogens is 3. The first kappa shape index (κ1) is 23.9. The molecule has 0 saturated carbocycles. The van der Waals surface area contributed by atoms with E-state index in [1.807, 2.05) is 11.6 Å². The number of carbonyl (C=O) groups is 2. The van der Waals surface area contributed by atoms with Crippen molar-refractivity contribution in [2.24, 2.45) is 7.05 Å². The van der Waals surface area contributed by atoms with Gasteiger partial charge in [-0.05, 0) is 42.8 Å². The van der Waals surface area contributed by atoms with E-state index >= 15 is 0 Å². The normalized spacial score (nSPS) is 10.7. The lowest BCUT2D eigenvalue weighted by Crippen LogP contribution is -2.15. The minimum absolute atomic E-state index is 0.107. The highest BCUT2D eigenvalue weighted by Gasteiger charge is 2.12. The molecule has 0 aliphatic carbocycles. The van der Waals surface area contributed by atoms with E-state index in [1.54, 1.807) is 30.3 Å². The first-order valence-electron chi connectivity index (χ1n) is 9.55. The van der Waals surface area contributed by atoms with Gasteiger partial charge in [-0.15, -0.1) is 10.2 Å². The summed E-state index contributed by atoms with van der Waals surface area (Å²) in [7, 11) is 1.84. The first-order valence-corrected chi connectivity index (χ1v) is 11.3. The largest absolute Gasteiger partial charge is 0.492 e. The van der Waals surface area contributed by atoms with E-state index in [9.17, 15) is 9.59 Å². The Labute approximate surface area is 198 Å². The topological polar surface area (TPSA) is 106 Å². The highest BCUT2D eigenvalue weighted by Crippen LogP contribution is 2.27. The summed E-state index contributed by atoms with van der Waals surface area (Å²) in [4.78, 5) is 23.2. The van der Waals surface area contributed by atoms with Gasteiger partial charge in [0.15, 0.2) is 5.16 Å². The van der Waals surface area contributed by atoms with Crippen molar-refractivity contribution in [1.82, 2.24) is 14.8 Å². The third-order valence-electron chi connectivity index (χ3n) is 4.35. The molecule has 32 heavy (non-hydrogen) atoms. The van der Waals surface area contributed by atoms with Crippen molar-refractivity contribution in [3.63, 3.8) is 0 Å². The molecule has 0 fully saturated rings. The van der Waals surface area contributed by atoms with Crippen LogP contribution in [0.4, 0.5) is 5.69 Å². The standard InChI is InChI=1S/C21H20Cl2N4O4S/c1-27-18(6-3-9-31-17-8-7-14(22)11-16(17)23)25-26-21(27)32-12-19(28)24-15-5-2-4-13(10-15)20(29)30/h2,4-5,7-8,10-11H,3,6,9,12H2,1H3,(H,24,28)(H,29,30). The Hall–Kier alpha value is -2.75. The third kappa shape index (κ3) is 6.62. The predicted octanol–water partition coefficient (Wildman–Crippen LogP) is 4.56. The number of ether oxygens (including phenoxy) is 1. The molecule has 0 unspecified atom stereocenters. The maximum Gasteiger partial charge on any atom is 0.335 e. The van der Waals surface area contributed by atoms with Crippen LogP contribution in [0.25, 0.3) is 0 Å². The van der Waals surface area contributed by atoms with Gasteiger partial charge in [0.05, 0.1) is 22.9 Å². The van der Waals surface area contributed by atoms with Crippen LogP contribution in [-0.2, 0) is 18.3 Å². The molecule has 1 aromatic heterocycles. The number of amides is 1. The summed E-state index contributed by atoms with van der Waals surface area (Å²) < 4.78 is 7.51. The molecular formula is C21H20Cl2N4O4S. The summed E-state index contributed by atoms with van der Waals surface area (Å²) in [5, 5.41) is 21.6. The summed E-state index contributed by atoms with van der Waals surface area (Å²) in [5.41, 5.74) is 0.533. The molecule has 0 aliphatic rings. The zero-order valence-corrected chi connectivity index (χ0v) is 19.4. The van der Waals surface area contributed by atoms with Crippen LogP contribution in [-0.4, -0.2) is 44.1 Å². The number of halogens is 2. The average Bonchev–Trinajstić information content (AvgIpc) is 3.10. The Morgan fingerprint density at radius 2 is 2.00 bits per heavy atom. The third-order valence-corrected chi connectivity index (χ3v) is 5.90. The molecule has 168 valence electrons. The van der Waals surface area contributed by atoms with Crippen molar-refractivity contribution in [1.29, 1.82) is 0 Å². The fourth-order valence-corrected chi connectivity index (χ4v) is 3.94. The zero-order valence-electron chi connectivity index (χ0n) is 17.0. The Balaban J connectivity index is 1.45. The molecule has 0 bridgehead atoms. The van der Waals surface area contributed by atoms with Crippen LogP contribution in [0.2, 0.25) is 10.0 Å². The van der Waals surface area contributed by atoms with Crippen LogP contribution < -0.4 is 10.1 Å². The fraction of sp³-hybridized carbons (Fsp3) is 0.238. The summed E-state index contributed by atoms with van der Waals surface area (Å²) in [6, 6.07) is 11.1. The van der Waals surface area contributed by atoms with Gasteiger partial charge in [0.2, 0.25) is 5.91 Å². The molecular weight excluding hydrogens is 475 g/mol. The Bertz CT molecular complexity index is 1120. The molecule has 11 heteroatoms. The number of anilines is 1. The number of aromatic carboxylic acids is 1. The molecule has 1 amide bonds. The van der Waals surface area contributed by atoms with Gasteiger partial charge in [0, 0.05) is 24.2 Å². The Kier molecular flexibility index (Phi) is 8.38. The maximum atomic E-state index is 12.2. The molecule has 3 rings (SSSR count). The lowest BCUT2D eigenvalue weighted by Gasteiger charge is -2.08. The van der Waals surface area contributed by atoms with E-state index in [-0.39, 0.29) is 17.2 Å². The van der Waals surface area contributed by atoms with E-state index in [0.717, 1.165) is 5.82 Å². The van der Waals surface area contributed by atoms with E-state index in [0.29, 0.717) is 46.1 Å². The summed E-state index contributed by atoms with van der Waals surface area (Å²) >= 11 is 13.2. The summed E-state index contributed by atoms with van der Waals surface area (Å²) in [6.07, 6.45) is 1.35. The minimum atomic E-state index is -1.05. The molecule has 1 heterocycles. The van der Waals surface area contributed by atoms with Crippen molar-refractivity contribution >= 4 is 52.5 Å². The molecule has 0 atom stereocenters. The Morgan fingerprint density at radius 1 is 1.19 bits per heavy atom. The van der Waals surface area contributed by atoms with E-state index in [4.69, 9.17) is 33.0 Å². The maximum absolute atomic E-state index is 12.2. The number of hydrogen-bond donors (Lipinski definition) is 2. The predicted molar refractivity (Wildman–Crippen MR) is 124 cm³/mol. The van der Waals surface area contributed by atoms with Gasteiger partial charge in [-0.25, -0.2) is 4.79 Å². The lowest BCUT2D eigenvalue weighted by molar-refractivity contribution is -0.113. The summed E-state index contributed by atoms with van der Waals surface area (Å²) in [5.74, 6) is 0.138. The van der Waals surface area contributed by atoms with Crippen LogP contribution in [0.5, 0.6) is 5.75 Å². The van der Waals surface area contributed by atoms with Crippen molar-refractivity contribution in [2.45, 2.75) is 18.0 Å². The molecule has 0 radical (unpaired) electrons. The molecule has 2 aromatic carbocycles. The van der Waals surface area contributed by atoms with Gasteiger partial charge in [-0.2, -0.15) is 0 Å². The molecule has 8 nitrogen and oxygen atoms in total. The molecule has 3 aromatic rings. The molecule has 0 saturated heterocycles. The SMILES string of the molecule is Cn1c(CCCOc2ccc(Cl)cc2Cl)nnc1SCC(=O)Nc1cccc(C(=O)O)c1. The number of carboxylic acids is 1. The van der Waals surface area contributed by atoms with Gasteiger partial charge >= 0.3 is 5.97 Å². The zero-order chi connectivity index (χ0) is 23.1. The number of thioether (sulfide) groups is 1. The van der Waals surface area contributed by atoms with Gasteiger partial charge in [0.25, 0.3) is 0 Å². The van der Waals surface area contributed by atoms with Crippen molar-refractivity contribution < 1.29 is 19.4 Å². The molecule has 0 aliphatic heterocycles. The number of benzene rings is 2. The minimum Gasteiger partial charge on any atom is -0.492 e. The van der Waals surface area contributed by atoms with Crippen LogP contribution in [0.3, 0.4) is 0 Å². The van der Waals surface area contributed by atoms with Crippen LogP contribution >= 0.6 is 35.0 Å². The number of nitrogens with zero attached hydrogens (tertiary/aromatic N) is 3. The highest BCUT2D eigenvalue weighted by molar-refractivity contribution is 7.99. The van der Waals surface area contributed by atoms with Crippen molar-refractivity contribution in [3.8, 4) is 5.75 Å². The lowest BCUT2D eigenvalue weighted by atomic mass is 10.2. The van der Waals surface area contributed by atoms with E-state index in [1.165, 1.54) is 23.9 Å². The molecule has 0 spiro atoms. The van der Waals surface area contributed by atoms with Crippen LogP contribution in [0, 0.1) is 0 Å². The number of rotatable bonds is 10. The van der Waals surface area contributed by atoms with Crippen molar-refractivity contribution in [2.75, 3.05) is 17.7 Å². The van der Waals surface area contributed by atoms with Crippen LogP contribution in [0.15, 0.2) is 47.6 Å². The van der Waals surface area contributed by atoms with E-state index in [2.05, 4.69) is 15.5 Å². The van der Waals surface area contributed by atoms with Gasteiger partial charge < -0.3 is 19.7 Å². The number of aryl methyl sites for hydroxylation is 1. The second-order valence-electron chi connectivity index (χ2n) is 6.71. The quantitative estimate of drug-likeness (QED) is 0.314. The summed E-state index contributed by atoms with van der Waals surface area (Å²) in [6.45, 7) is 0.453. The number of hydrogen-bond acceptors (Lipinski definition) is 6. The number of nitrogens with one attached hydrogen (secondary N) is 1. The number of carbonyl (C=O) groups excluding carboxylic acids is 1. The second kappa shape index (κ2) is 11.2. The highest BCUT2D eigenvalue weighted by atomic mass is 35.5. The van der Waals surface area contributed by atoms with Crippen molar-refractivity contribution in [3.05, 3.63) is 63.9 Å². The van der Waals surface area contributed by atoms with Gasteiger partial charge in [-0.1, -0.05) is 41.0 Å².